The second-order valence-electron chi connectivity index (χ2n) is 7.72. The summed E-state index contributed by atoms with van der Waals surface area (Å²) in [6, 6.07) is 9.31. The van der Waals surface area contributed by atoms with E-state index in [-0.39, 0.29) is 11.4 Å². The van der Waals surface area contributed by atoms with Crippen LogP contribution in [0.25, 0.3) is 20.7 Å². The number of nitrogens with zero attached hydrogens (tertiary/aromatic N) is 2. The van der Waals surface area contributed by atoms with E-state index >= 15 is 0 Å². The van der Waals surface area contributed by atoms with Gasteiger partial charge in [0.2, 0.25) is 0 Å². The minimum absolute atomic E-state index is 0.102. The van der Waals surface area contributed by atoms with Crippen molar-refractivity contribution in [3.05, 3.63) is 52.3 Å². The third-order valence-electron chi connectivity index (χ3n) is 5.09. The largest absolute Gasteiger partial charge is 0.312 e. The van der Waals surface area contributed by atoms with Gasteiger partial charge in [-0.1, -0.05) is 26.0 Å². The molecule has 0 bridgehead atoms. The number of H-pyrrole nitrogens is 1. The van der Waals surface area contributed by atoms with Crippen molar-refractivity contribution in [2.24, 2.45) is 0 Å². The summed E-state index contributed by atoms with van der Waals surface area (Å²) in [6.07, 6.45) is 2.22. The van der Waals surface area contributed by atoms with Gasteiger partial charge in [0.05, 0.1) is 12.1 Å². The van der Waals surface area contributed by atoms with Crippen molar-refractivity contribution in [2.45, 2.75) is 45.3 Å². The summed E-state index contributed by atoms with van der Waals surface area (Å²) in [4.78, 5) is 23.4. The third kappa shape index (κ3) is 4.32. The molecule has 148 valence electrons. The highest BCUT2D eigenvalue weighted by atomic mass is 32.1. The van der Waals surface area contributed by atoms with E-state index < -0.39 is 0 Å². The number of rotatable bonds is 5. The highest BCUT2D eigenvalue weighted by Crippen LogP contribution is 2.31. The Morgan fingerprint density at radius 2 is 2.00 bits per heavy atom. The van der Waals surface area contributed by atoms with Crippen LogP contribution in [0.1, 0.15) is 32.5 Å². The maximum absolute atomic E-state index is 13.2. The summed E-state index contributed by atoms with van der Waals surface area (Å²) in [5.41, 5.74) is 1.50. The van der Waals surface area contributed by atoms with E-state index in [0.29, 0.717) is 34.7 Å². The summed E-state index contributed by atoms with van der Waals surface area (Å²) in [5.74, 6) is 0.437. The van der Waals surface area contributed by atoms with E-state index in [1.165, 1.54) is 23.5 Å². The lowest BCUT2D eigenvalue weighted by atomic mass is 10.0. The zero-order valence-electron chi connectivity index (χ0n) is 16.2. The van der Waals surface area contributed by atoms with Gasteiger partial charge in [0.1, 0.15) is 16.3 Å². The summed E-state index contributed by atoms with van der Waals surface area (Å²) in [6.45, 7) is 7.00. The van der Waals surface area contributed by atoms with Gasteiger partial charge in [0.15, 0.2) is 0 Å². The fourth-order valence-corrected chi connectivity index (χ4v) is 4.76. The van der Waals surface area contributed by atoms with Gasteiger partial charge in [0.25, 0.3) is 5.56 Å². The number of halogens is 1. The minimum atomic E-state index is -0.268. The Morgan fingerprint density at radius 3 is 2.68 bits per heavy atom. The molecule has 0 radical (unpaired) electrons. The van der Waals surface area contributed by atoms with Crippen LogP contribution in [-0.2, 0) is 6.54 Å². The molecule has 1 saturated heterocycles. The van der Waals surface area contributed by atoms with Crippen molar-refractivity contribution in [1.82, 2.24) is 20.2 Å². The Balaban J connectivity index is 1.50. The van der Waals surface area contributed by atoms with E-state index in [1.807, 2.05) is 6.07 Å². The molecule has 0 aliphatic carbocycles. The van der Waals surface area contributed by atoms with Crippen LogP contribution >= 0.6 is 11.3 Å². The molecule has 5 nitrogen and oxygen atoms in total. The standard InChI is InChI=1S/C21H25FN4OS/c1-13(2)23-16-7-9-26(10-8-16)12-19-24-17-11-18(28-20(17)21(27)25-19)14-3-5-15(22)6-4-14/h3-6,11,13,16,23H,7-10,12H2,1-2H3,(H,24,25,27). The summed E-state index contributed by atoms with van der Waals surface area (Å²) in [7, 11) is 0. The topological polar surface area (TPSA) is 61.0 Å². The predicted molar refractivity (Wildman–Crippen MR) is 112 cm³/mol. The van der Waals surface area contributed by atoms with Crippen LogP contribution in [0.5, 0.6) is 0 Å². The molecule has 2 aromatic heterocycles. The second kappa shape index (κ2) is 8.11. The molecule has 0 amide bonds. The van der Waals surface area contributed by atoms with Crippen molar-refractivity contribution >= 4 is 21.6 Å². The fraction of sp³-hybridized carbons (Fsp3) is 0.429. The number of likely N-dealkylation sites (tertiary alicyclic amines) is 1. The Kier molecular flexibility index (Phi) is 5.57. The first-order chi connectivity index (χ1) is 13.5. The number of aromatic nitrogens is 2. The molecule has 1 aromatic carbocycles. The molecule has 1 fully saturated rings. The number of hydrogen-bond acceptors (Lipinski definition) is 5. The Labute approximate surface area is 167 Å². The van der Waals surface area contributed by atoms with Crippen molar-refractivity contribution in [3.63, 3.8) is 0 Å². The molecule has 3 heterocycles. The number of nitrogens with one attached hydrogen (secondary N) is 2. The molecule has 28 heavy (non-hydrogen) atoms. The third-order valence-corrected chi connectivity index (χ3v) is 6.26. The SMILES string of the molecule is CC(C)NC1CCN(Cc2nc3cc(-c4ccc(F)cc4)sc3c(=O)[nH]2)CC1. The number of benzene rings is 1. The van der Waals surface area contributed by atoms with E-state index in [4.69, 9.17) is 0 Å². The molecular weight excluding hydrogens is 375 g/mol. The smallest absolute Gasteiger partial charge is 0.268 e. The number of thiophene rings is 1. The van der Waals surface area contributed by atoms with Crippen LogP contribution in [0.3, 0.4) is 0 Å². The van der Waals surface area contributed by atoms with Gasteiger partial charge < -0.3 is 10.3 Å². The van der Waals surface area contributed by atoms with Gasteiger partial charge in [-0.2, -0.15) is 0 Å². The first-order valence-corrected chi connectivity index (χ1v) is 10.6. The summed E-state index contributed by atoms with van der Waals surface area (Å²) >= 11 is 1.39. The maximum Gasteiger partial charge on any atom is 0.268 e. The lowest BCUT2D eigenvalue weighted by Crippen LogP contribution is -2.44. The number of fused-ring (bicyclic) bond motifs is 1. The maximum atomic E-state index is 13.2. The van der Waals surface area contributed by atoms with Crippen LogP contribution in [0.15, 0.2) is 35.1 Å². The molecule has 2 N–H and O–H groups in total. The lowest BCUT2D eigenvalue weighted by Gasteiger charge is -2.33. The number of hydrogen-bond donors (Lipinski definition) is 2. The van der Waals surface area contributed by atoms with Crippen molar-refractivity contribution in [3.8, 4) is 10.4 Å². The van der Waals surface area contributed by atoms with Crippen LogP contribution in [0.4, 0.5) is 4.39 Å². The number of piperidine rings is 1. The first kappa shape index (κ1) is 19.2. The molecule has 3 aromatic rings. The predicted octanol–water partition coefficient (Wildman–Crippen LogP) is 3.75. The molecule has 0 unspecified atom stereocenters. The molecule has 0 atom stereocenters. The van der Waals surface area contributed by atoms with Gasteiger partial charge in [-0.15, -0.1) is 11.3 Å². The average Bonchev–Trinajstić information content (AvgIpc) is 3.08. The van der Waals surface area contributed by atoms with E-state index in [9.17, 15) is 9.18 Å². The highest BCUT2D eigenvalue weighted by Gasteiger charge is 2.20. The van der Waals surface area contributed by atoms with Crippen LogP contribution in [0, 0.1) is 5.82 Å². The first-order valence-electron chi connectivity index (χ1n) is 9.75. The van der Waals surface area contributed by atoms with E-state index in [1.54, 1.807) is 12.1 Å². The highest BCUT2D eigenvalue weighted by molar-refractivity contribution is 7.22. The minimum Gasteiger partial charge on any atom is -0.312 e. The fourth-order valence-electron chi connectivity index (χ4n) is 3.76. The quantitative estimate of drug-likeness (QED) is 0.685. The van der Waals surface area contributed by atoms with Crippen molar-refractivity contribution < 1.29 is 4.39 Å². The van der Waals surface area contributed by atoms with Crippen LogP contribution < -0.4 is 10.9 Å². The Hall–Kier alpha value is -2.09. The Morgan fingerprint density at radius 1 is 1.29 bits per heavy atom. The van der Waals surface area contributed by atoms with Crippen LogP contribution in [0.2, 0.25) is 0 Å². The zero-order chi connectivity index (χ0) is 19.7. The molecule has 4 rings (SSSR count). The second-order valence-corrected chi connectivity index (χ2v) is 8.77. The monoisotopic (exact) mass is 400 g/mol. The van der Waals surface area contributed by atoms with Gasteiger partial charge in [-0.3, -0.25) is 9.69 Å². The van der Waals surface area contributed by atoms with Crippen molar-refractivity contribution in [1.29, 1.82) is 0 Å². The van der Waals surface area contributed by atoms with Crippen LogP contribution in [-0.4, -0.2) is 40.0 Å². The average molecular weight is 401 g/mol. The molecule has 7 heteroatoms. The van der Waals surface area contributed by atoms with Gasteiger partial charge >= 0.3 is 0 Å². The van der Waals surface area contributed by atoms with E-state index in [0.717, 1.165) is 36.4 Å². The molecule has 1 aliphatic heterocycles. The van der Waals surface area contributed by atoms with Gasteiger partial charge in [-0.05, 0) is 36.6 Å². The Bertz CT molecular complexity index is 1000. The summed E-state index contributed by atoms with van der Waals surface area (Å²) < 4.78 is 13.8. The van der Waals surface area contributed by atoms with Gasteiger partial charge in [-0.25, -0.2) is 9.37 Å². The molecule has 0 saturated carbocycles. The number of aromatic amines is 1. The van der Waals surface area contributed by atoms with Crippen molar-refractivity contribution in [2.75, 3.05) is 13.1 Å². The summed E-state index contributed by atoms with van der Waals surface area (Å²) in [5, 5.41) is 3.60. The molecular formula is C21H25FN4OS. The normalized spacial score (nSPS) is 16.3. The lowest BCUT2D eigenvalue weighted by molar-refractivity contribution is 0.183. The zero-order valence-corrected chi connectivity index (χ0v) is 17.0. The molecule has 1 aliphatic rings. The van der Waals surface area contributed by atoms with Gasteiger partial charge in [0, 0.05) is 30.1 Å². The molecule has 0 spiro atoms. The van der Waals surface area contributed by atoms with E-state index in [2.05, 4.69) is 34.0 Å².